The molecule has 0 bridgehead atoms. The number of carbonyl (C=O) groups excluding carboxylic acids is 2. The molecule has 0 saturated heterocycles. The van der Waals surface area contributed by atoms with Crippen molar-refractivity contribution in [3.63, 3.8) is 0 Å². The fraction of sp³-hybridized carbons (Fsp3) is 0.385. The van der Waals surface area contributed by atoms with Crippen molar-refractivity contribution in [3.8, 4) is 0 Å². The molecule has 0 aliphatic carbocycles. The number of hydrogen-bond acceptors (Lipinski definition) is 4. The van der Waals surface area contributed by atoms with Crippen LogP contribution in [0.15, 0.2) is 24.3 Å². The van der Waals surface area contributed by atoms with E-state index in [9.17, 15) is 9.59 Å². The van der Waals surface area contributed by atoms with E-state index in [-0.39, 0.29) is 13.2 Å². The Labute approximate surface area is 106 Å². The predicted octanol–water partition coefficient (Wildman–Crippen LogP) is 3.11. The Balaban J connectivity index is 2.99. The second-order valence-corrected chi connectivity index (χ2v) is 3.57. The largest absolute Gasteiger partial charge is 0.449 e. The number of anilines is 1. The molecule has 5 heteroatoms. The van der Waals surface area contributed by atoms with Gasteiger partial charge in [0.1, 0.15) is 0 Å². The minimum atomic E-state index is -0.736. The summed E-state index contributed by atoms with van der Waals surface area (Å²) in [5.41, 5.74) is 1.46. The third kappa shape index (κ3) is 3.48. The molecule has 0 atom stereocenters. The lowest BCUT2D eigenvalue weighted by Crippen LogP contribution is -2.38. The molecule has 0 heterocycles. The van der Waals surface area contributed by atoms with Crippen LogP contribution in [0.3, 0.4) is 0 Å². The smallest absolute Gasteiger partial charge is 0.423 e. The molecule has 1 aromatic rings. The van der Waals surface area contributed by atoms with Crippen molar-refractivity contribution in [2.75, 3.05) is 18.1 Å². The van der Waals surface area contributed by atoms with E-state index >= 15 is 0 Å². The number of nitrogens with zero attached hydrogens (tertiary/aromatic N) is 1. The van der Waals surface area contributed by atoms with E-state index in [4.69, 9.17) is 9.47 Å². The van der Waals surface area contributed by atoms with Gasteiger partial charge in [0, 0.05) is 0 Å². The lowest BCUT2D eigenvalue weighted by Gasteiger charge is -2.19. The fourth-order valence-electron chi connectivity index (χ4n) is 1.36. The summed E-state index contributed by atoms with van der Waals surface area (Å²) in [6, 6.07) is 6.95. The Hall–Kier alpha value is -2.04. The first-order chi connectivity index (χ1) is 8.60. The molecule has 2 amide bonds. The zero-order chi connectivity index (χ0) is 13.5. The number of carbonyl (C=O) groups is 2. The minimum absolute atomic E-state index is 0.195. The number of rotatable bonds is 3. The Morgan fingerprint density at radius 3 is 1.83 bits per heavy atom. The number of benzene rings is 1. The summed E-state index contributed by atoms with van der Waals surface area (Å²) in [7, 11) is 0. The third-order valence-corrected chi connectivity index (χ3v) is 2.19. The SMILES string of the molecule is CCOC(=O)N(C(=O)OCC)c1ccc(C)cc1. The number of amides is 2. The van der Waals surface area contributed by atoms with E-state index in [0.29, 0.717) is 5.69 Å². The van der Waals surface area contributed by atoms with Crippen LogP contribution in [0.4, 0.5) is 15.3 Å². The maximum absolute atomic E-state index is 11.7. The first-order valence-electron chi connectivity index (χ1n) is 5.80. The molecule has 1 aromatic carbocycles. The average Bonchev–Trinajstić information content (AvgIpc) is 2.33. The maximum atomic E-state index is 11.7. The lowest BCUT2D eigenvalue weighted by atomic mass is 10.2. The molecule has 0 spiro atoms. The molecule has 0 aliphatic rings. The number of aryl methyl sites for hydroxylation is 1. The molecule has 18 heavy (non-hydrogen) atoms. The fourth-order valence-corrected chi connectivity index (χ4v) is 1.36. The van der Waals surface area contributed by atoms with Crippen LogP contribution in [-0.2, 0) is 9.47 Å². The van der Waals surface area contributed by atoms with Gasteiger partial charge in [0.25, 0.3) is 0 Å². The third-order valence-electron chi connectivity index (χ3n) is 2.19. The highest BCUT2D eigenvalue weighted by molar-refractivity contribution is 6.09. The van der Waals surface area contributed by atoms with E-state index in [1.54, 1.807) is 38.1 Å². The molecule has 0 radical (unpaired) electrons. The average molecular weight is 251 g/mol. The van der Waals surface area contributed by atoms with E-state index in [2.05, 4.69) is 0 Å². The van der Waals surface area contributed by atoms with Gasteiger partial charge in [-0.05, 0) is 32.9 Å². The molecular weight excluding hydrogens is 234 g/mol. The second kappa shape index (κ2) is 6.64. The molecule has 0 aromatic heterocycles. The highest BCUT2D eigenvalue weighted by atomic mass is 16.6. The normalized spacial score (nSPS) is 9.72. The summed E-state index contributed by atoms with van der Waals surface area (Å²) >= 11 is 0. The van der Waals surface area contributed by atoms with Crippen LogP contribution in [0, 0.1) is 6.92 Å². The van der Waals surface area contributed by atoms with Gasteiger partial charge in [-0.3, -0.25) is 0 Å². The summed E-state index contributed by atoms with van der Waals surface area (Å²) in [6.07, 6.45) is -1.47. The van der Waals surface area contributed by atoms with Crippen molar-refractivity contribution in [1.82, 2.24) is 0 Å². The number of imide groups is 1. The predicted molar refractivity (Wildman–Crippen MR) is 67.7 cm³/mol. The molecule has 0 N–H and O–H groups in total. The van der Waals surface area contributed by atoms with Crippen LogP contribution in [0.2, 0.25) is 0 Å². The van der Waals surface area contributed by atoms with Gasteiger partial charge >= 0.3 is 12.2 Å². The van der Waals surface area contributed by atoms with Gasteiger partial charge in [-0.25, -0.2) is 9.59 Å². The van der Waals surface area contributed by atoms with Gasteiger partial charge in [0.05, 0.1) is 18.9 Å². The lowest BCUT2D eigenvalue weighted by molar-refractivity contribution is 0.140. The van der Waals surface area contributed by atoms with Crippen LogP contribution >= 0.6 is 0 Å². The van der Waals surface area contributed by atoms with Crippen molar-refractivity contribution in [2.45, 2.75) is 20.8 Å². The zero-order valence-corrected chi connectivity index (χ0v) is 10.8. The zero-order valence-electron chi connectivity index (χ0n) is 10.8. The van der Waals surface area contributed by atoms with Crippen LogP contribution in [0.25, 0.3) is 0 Å². The first-order valence-corrected chi connectivity index (χ1v) is 5.80. The summed E-state index contributed by atoms with van der Waals surface area (Å²) in [4.78, 5) is 24.4. The first kappa shape index (κ1) is 14.0. The molecule has 0 fully saturated rings. The van der Waals surface area contributed by atoms with E-state index in [0.717, 1.165) is 10.5 Å². The van der Waals surface area contributed by atoms with Crippen molar-refractivity contribution >= 4 is 17.9 Å². The molecule has 0 saturated carbocycles. The highest BCUT2D eigenvalue weighted by Crippen LogP contribution is 2.17. The second-order valence-electron chi connectivity index (χ2n) is 3.57. The molecule has 98 valence electrons. The van der Waals surface area contributed by atoms with Crippen molar-refractivity contribution < 1.29 is 19.1 Å². The molecular formula is C13H17NO4. The van der Waals surface area contributed by atoms with E-state index < -0.39 is 12.2 Å². The van der Waals surface area contributed by atoms with Gasteiger partial charge in [0.15, 0.2) is 0 Å². The van der Waals surface area contributed by atoms with Crippen molar-refractivity contribution in [3.05, 3.63) is 29.8 Å². The summed E-state index contributed by atoms with van der Waals surface area (Å²) in [5.74, 6) is 0. The van der Waals surface area contributed by atoms with Gasteiger partial charge < -0.3 is 9.47 Å². The number of hydrogen-bond donors (Lipinski definition) is 0. The topological polar surface area (TPSA) is 55.8 Å². The van der Waals surface area contributed by atoms with Gasteiger partial charge in [-0.2, -0.15) is 4.90 Å². The van der Waals surface area contributed by atoms with Crippen LogP contribution < -0.4 is 4.90 Å². The van der Waals surface area contributed by atoms with E-state index in [1.165, 1.54) is 0 Å². The molecule has 1 rings (SSSR count). The summed E-state index contributed by atoms with van der Waals surface area (Å²) < 4.78 is 9.68. The minimum Gasteiger partial charge on any atom is -0.449 e. The standard InChI is InChI=1S/C13H17NO4/c1-4-17-12(15)14(13(16)18-5-2)11-8-6-10(3)7-9-11/h6-9H,4-5H2,1-3H3. The maximum Gasteiger partial charge on any atom is 0.423 e. The molecule has 0 aliphatic heterocycles. The van der Waals surface area contributed by atoms with Gasteiger partial charge in [-0.15, -0.1) is 0 Å². The Morgan fingerprint density at radius 2 is 1.44 bits per heavy atom. The van der Waals surface area contributed by atoms with Crippen LogP contribution in [-0.4, -0.2) is 25.4 Å². The number of ether oxygens (including phenoxy) is 2. The summed E-state index contributed by atoms with van der Waals surface area (Å²) in [6.45, 7) is 5.66. The molecule has 0 unspecified atom stereocenters. The van der Waals surface area contributed by atoms with Crippen LogP contribution in [0.1, 0.15) is 19.4 Å². The molecule has 5 nitrogen and oxygen atoms in total. The van der Waals surface area contributed by atoms with Crippen molar-refractivity contribution in [2.24, 2.45) is 0 Å². The Kier molecular flexibility index (Phi) is 5.17. The highest BCUT2D eigenvalue weighted by Gasteiger charge is 2.25. The Morgan fingerprint density at radius 1 is 1.00 bits per heavy atom. The summed E-state index contributed by atoms with van der Waals surface area (Å²) in [5, 5.41) is 0. The Bertz CT molecular complexity index is 396. The van der Waals surface area contributed by atoms with Gasteiger partial charge in [0.2, 0.25) is 0 Å². The van der Waals surface area contributed by atoms with Gasteiger partial charge in [-0.1, -0.05) is 17.7 Å². The van der Waals surface area contributed by atoms with E-state index in [1.807, 2.05) is 6.92 Å². The quantitative estimate of drug-likeness (QED) is 0.828. The van der Waals surface area contributed by atoms with Crippen molar-refractivity contribution in [1.29, 1.82) is 0 Å². The van der Waals surface area contributed by atoms with Crippen LogP contribution in [0.5, 0.6) is 0 Å². The monoisotopic (exact) mass is 251 g/mol.